The average molecular weight is 416 g/mol. The van der Waals surface area contributed by atoms with Crippen molar-refractivity contribution in [3.63, 3.8) is 0 Å². The third-order valence-electron chi connectivity index (χ3n) is 5.31. The minimum atomic E-state index is 0.164. The molecule has 2 nitrogen and oxygen atoms in total. The molecule has 0 bridgehead atoms. The van der Waals surface area contributed by atoms with E-state index in [0.29, 0.717) is 12.0 Å². The zero-order chi connectivity index (χ0) is 19.9. The lowest BCUT2D eigenvalue weighted by Crippen LogP contribution is -2.44. The molecule has 1 heterocycles. The third-order valence-corrected chi connectivity index (χ3v) is 5.81. The number of hydrogen-bond donors (Lipinski definition) is 0. The van der Waals surface area contributed by atoms with Crippen molar-refractivity contribution >= 4 is 29.1 Å². The molecule has 0 saturated heterocycles. The second kappa shape index (κ2) is 10.1. The van der Waals surface area contributed by atoms with Crippen LogP contribution >= 0.6 is 23.2 Å². The number of halogens is 2. The lowest BCUT2D eigenvalue weighted by molar-refractivity contribution is -0.132. The minimum absolute atomic E-state index is 0.164. The molecular formula is C24H27Cl2NO. The highest BCUT2D eigenvalue weighted by atomic mass is 35.5. The molecule has 2 aromatic carbocycles. The topological polar surface area (TPSA) is 20.3 Å². The van der Waals surface area contributed by atoms with E-state index in [1.165, 1.54) is 18.4 Å². The van der Waals surface area contributed by atoms with Gasteiger partial charge in [0.15, 0.2) is 0 Å². The van der Waals surface area contributed by atoms with Gasteiger partial charge in [-0.25, -0.2) is 0 Å². The molecule has 1 fully saturated rings. The molecule has 0 spiro atoms. The quantitative estimate of drug-likeness (QED) is 0.510. The van der Waals surface area contributed by atoms with Crippen LogP contribution in [0.2, 0.25) is 10.0 Å². The average Bonchev–Trinajstić information content (AvgIpc) is 3.53. The van der Waals surface area contributed by atoms with Gasteiger partial charge in [-0.15, -0.1) is 0 Å². The Bertz CT molecular complexity index is 784. The van der Waals surface area contributed by atoms with Crippen LogP contribution in [0.4, 0.5) is 0 Å². The van der Waals surface area contributed by atoms with Crippen molar-refractivity contribution < 1.29 is 4.79 Å². The molecule has 4 rings (SSSR count). The fourth-order valence-corrected chi connectivity index (χ4v) is 4.09. The van der Waals surface area contributed by atoms with Gasteiger partial charge in [0.2, 0.25) is 5.91 Å². The fourth-order valence-electron chi connectivity index (χ4n) is 3.82. The Morgan fingerprint density at radius 3 is 2.18 bits per heavy atom. The normalized spacial score (nSPS) is 19.8. The van der Waals surface area contributed by atoms with Crippen molar-refractivity contribution in [3.8, 4) is 0 Å². The molecular weight excluding hydrogens is 389 g/mol. The number of carbonyl (C=O) groups excluding carboxylic acids is 1. The molecule has 2 atom stereocenters. The maximum atomic E-state index is 12.5. The van der Waals surface area contributed by atoms with Crippen LogP contribution in [0.1, 0.15) is 50.6 Å². The van der Waals surface area contributed by atoms with Gasteiger partial charge in [0.25, 0.3) is 0 Å². The number of carbonyl (C=O) groups is 1. The van der Waals surface area contributed by atoms with Gasteiger partial charge in [-0.2, -0.15) is 0 Å². The molecule has 0 N–H and O–H groups in total. The SMILES string of the molecule is CCCC(C1CC1)N1C(=O)C=CC[C@H]1c1ccc(Cl)cc1.Clc1ccccc1. The van der Waals surface area contributed by atoms with Gasteiger partial charge in [0.1, 0.15) is 0 Å². The van der Waals surface area contributed by atoms with E-state index in [9.17, 15) is 4.79 Å². The Kier molecular flexibility index (Phi) is 7.58. The van der Waals surface area contributed by atoms with Crippen molar-refractivity contribution in [2.24, 2.45) is 5.92 Å². The molecule has 1 aliphatic heterocycles. The molecule has 2 aromatic rings. The fraction of sp³-hybridized carbons (Fsp3) is 0.375. The van der Waals surface area contributed by atoms with Crippen LogP contribution in [0.3, 0.4) is 0 Å². The molecule has 1 unspecified atom stereocenters. The van der Waals surface area contributed by atoms with Crippen LogP contribution in [0.15, 0.2) is 66.7 Å². The summed E-state index contributed by atoms with van der Waals surface area (Å²) in [6, 6.07) is 18.0. The molecule has 148 valence electrons. The number of rotatable bonds is 5. The zero-order valence-electron chi connectivity index (χ0n) is 16.2. The van der Waals surface area contributed by atoms with Crippen LogP contribution in [0, 0.1) is 5.92 Å². The summed E-state index contributed by atoms with van der Waals surface area (Å²) in [5.74, 6) is 0.877. The predicted molar refractivity (Wildman–Crippen MR) is 118 cm³/mol. The largest absolute Gasteiger partial charge is 0.329 e. The van der Waals surface area contributed by atoms with E-state index in [2.05, 4.69) is 24.0 Å². The summed E-state index contributed by atoms with van der Waals surface area (Å²) in [5, 5.41) is 1.54. The Morgan fingerprint density at radius 2 is 1.64 bits per heavy atom. The minimum Gasteiger partial charge on any atom is -0.329 e. The number of nitrogens with zero attached hydrogens (tertiary/aromatic N) is 1. The van der Waals surface area contributed by atoms with Gasteiger partial charge in [0.05, 0.1) is 6.04 Å². The first-order valence-electron chi connectivity index (χ1n) is 10.0. The molecule has 1 aliphatic carbocycles. The van der Waals surface area contributed by atoms with E-state index >= 15 is 0 Å². The zero-order valence-corrected chi connectivity index (χ0v) is 17.7. The first-order chi connectivity index (χ1) is 13.6. The van der Waals surface area contributed by atoms with E-state index in [1.54, 1.807) is 6.08 Å². The highest BCUT2D eigenvalue weighted by Crippen LogP contribution is 2.42. The number of hydrogen-bond acceptors (Lipinski definition) is 1. The van der Waals surface area contributed by atoms with Gasteiger partial charge in [0, 0.05) is 16.1 Å². The van der Waals surface area contributed by atoms with E-state index in [0.717, 1.165) is 29.3 Å². The van der Waals surface area contributed by atoms with Crippen molar-refractivity contribution in [3.05, 3.63) is 82.4 Å². The Balaban J connectivity index is 0.000000271. The second-order valence-corrected chi connectivity index (χ2v) is 8.31. The maximum Gasteiger partial charge on any atom is 0.247 e. The molecule has 1 amide bonds. The summed E-state index contributed by atoms with van der Waals surface area (Å²) in [5.41, 5.74) is 1.19. The number of amides is 1. The smallest absolute Gasteiger partial charge is 0.247 e. The van der Waals surface area contributed by atoms with Crippen molar-refractivity contribution in [1.29, 1.82) is 0 Å². The Hall–Kier alpha value is -1.77. The van der Waals surface area contributed by atoms with Crippen LogP contribution in [-0.2, 0) is 4.79 Å². The molecule has 4 heteroatoms. The third kappa shape index (κ3) is 5.62. The van der Waals surface area contributed by atoms with Gasteiger partial charge >= 0.3 is 0 Å². The van der Waals surface area contributed by atoms with Crippen LogP contribution < -0.4 is 0 Å². The standard InChI is InChI=1S/C18H22ClNO.C6H5Cl/c1-2-4-16(13-7-8-13)20-17(5-3-6-18(20)21)14-9-11-15(19)12-10-14;7-6-4-2-1-3-5-6/h3,6,9-13,16-17H,2,4-5,7-8H2,1H3;1-5H/t16?,17-;/m0./s1. The summed E-state index contributed by atoms with van der Waals surface area (Å²) in [6.07, 6.45) is 9.43. The molecule has 2 aliphatic rings. The highest BCUT2D eigenvalue weighted by molar-refractivity contribution is 6.30. The van der Waals surface area contributed by atoms with Crippen LogP contribution in [-0.4, -0.2) is 16.8 Å². The summed E-state index contributed by atoms with van der Waals surface area (Å²) in [6.45, 7) is 2.21. The van der Waals surface area contributed by atoms with Crippen molar-refractivity contribution in [2.45, 2.75) is 51.1 Å². The van der Waals surface area contributed by atoms with Crippen molar-refractivity contribution in [1.82, 2.24) is 4.90 Å². The lowest BCUT2D eigenvalue weighted by atomic mass is 9.94. The van der Waals surface area contributed by atoms with E-state index in [1.807, 2.05) is 48.5 Å². The van der Waals surface area contributed by atoms with Gasteiger partial charge in [-0.05, 0) is 67.5 Å². The van der Waals surface area contributed by atoms with E-state index < -0.39 is 0 Å². The van der Waals surface area contributed by atoms with Gasteiger partial charge in [-0.1, -0.05) is 73.0 Å². The Labute approximate surface area is 178 Å². The van der Waals surface area contributed by atoms with Crippen LogP contribution in [0.5, 0.6) is 0 Å². The maximum absolute atomic E-state index is 12.5. The predicted octanol–water partition coefficient (Wildman–Crippen LogP) is 7.09. The first kappa shape index (κ1) is 21.0. The monoisotopic (exact) mass is 415 g/mol. The molecule has 0 aromatic heterocycles. The van der Waals surface area contributed by atoms with Gasteiger partial charge in [-0.3, -0.25) is 4.79 Å². The summed E-state index contributed by atoms with van der Waals surface area (Å²) >= 11 is 11.5. The highest BCUT2D eigenvalue weighted by Gasteiger charge is 2.40. The molecule has 28 heavy (non-hydrogen) atoms. The second-order valence-electron chi connectivity index (χ2n) is 7.44. The van der Waals surface area contributed by atoms with Gasteiger partial charge < -0.3 is 4.90 Å². The summed E-state index contributed by atoms with van der Waals surface area (Å²) in [7, 11) is 0. The van der Waals surface area contributed by atoms with E-state index in [4.69, 9.17) is 23.2 Å². The first-order valence-corrected chi connectivity index (χ1v) is 10.8. The Morgan fingerprint density at radius 1 is 1.00 bits per heavy atom. The summed E-state index contributed by atoms with van der Waals surface area (Å²) < 4.78 is 0. The molecule has 0 radical (unpaired) electrons. The number of benzene rings is 2. The molecule has 1 saturated carbocycles. The lowest BCUT2D eigenvalue weighted by Gasteiger charge is -2.40. The van der Waals surface area contributed by atoms with Crippen LogP contribution in [0.25, 0.3) is 0 Å². The van der Waals surface area contributed by atoms with E-state index in [-0.39, 0.29) is 11.9 Å². The van der Waals surface area contributed by atoms with Crippen molar-refractivity contribution in [2.75, 3.05) is 0 Å². The summed E-state index contributed by atoms with van der Waals surface area (Å²) in [4.78, 5) is 14.6.